The Morgan fingerprint density at radius 2 is 1.74 bits per heavy atom. The summed E-state index contributed by atoms with van der Waals surface area (Å²) in [6.07, 6.45) is 2.89. The average molecular weight is 373 g/mol. The molecule has 1 aliphatic heterocycles. The summed E-state index contributed by atoms with van der Waals surface area (Å²) in [5.41, 5.74) is 1.11. The van der Waals surface area contributed by atoms with Crippen LogP contribution in [0.5, 0.6) is 0 Å². The molecule has 1 aromatic rings. The highest BCUT2D eigenvalue weighted by atomic mass is 16.4. The number of benzene rings is 1. The summed E-state index contributed by atoms with van der Waals surface area (Å²) in [4.78, 5) is 38.4. The molecule has 2 fully saturated rings. The van der Waals surface area contributed by atoms with Gasteiger partial charge in [-0.05, 0) is 37.7 Å². The number of aliphatic hydroxyl groups excluding tert-OH is 1. The minimum absolute atomic E-state index is 0.115. The van der Waals surface area contributed by atoms with Crippen LogP contribution in [0.25, 0.3) is 0 Å². The molecule has 0 spiro atoms. The summed E-state index contributed by atoms with van der Waals surface area (Å²) in [6.45, 7) is 0.454. The molecule has 6 heteroatoms. The van der Waals surface area contributed by atoms with Crippen LogP contribution in [0, 0.1) is 11.8 Å². The standard InChI is InChI=1S/C21H27NO5/c23-18(12-11-14-6-2-1-3-7-14)15-8-4-9-16(15)20(25)22-13-5-10-17(22)19(24)21(26)27/h1-3,6-7,15-17,19,24H,4-5,8-13H2,(H,26,27)/t15-,16?,17?,19?/m0/s1. The van der Waals surface area contributed by atoms with Gasteiger partial charge in [0.25, 0.3) is 0 Å². The summed E-state index contributed by atoms with van der Waals surface area (Å²) in [5.74, 6) is -2.02. The quantitative estimate of drug-likeness (QED) is 0.763. The molecule has 3 unspecified atom stereocenters. The van der Waals surface area contributed by atoms with Crippen molar-refractivity contribution in [3.8, 4) is 0 Å². The number of carboxylic acids is 1. The van der Waals surface area contributed by atoms with Crippen molar-refractivity contribution >= 4 is 17.7 Å². The Kier molecular flexibility index (Phi) is 6.26. The van der Waals surface area contributed by atoms with E-state index in [1.807, 2.05) is 30.3 Å². The highest BCUT2D eigenvalue weighted by molar-refractivity contribution is 5.90. The normalized spacial score (nSPS) is 26.1. The van der Waals surface area contributed by atoms with Crippen molar-refractivity contribution in [2.24, 2.45) is 11.8 Å². The van der Waals surface area contributed by atoms with Gasteiger partial charge in [-0.2, -0.15) is 0 Å². The van der Waals surface area contributed by atoms with Crippen molar-refractivity contribution in [3.05, 3.63) is 35.9 Å². The predicted molar refractivity (Wildman–Crippen MR) is 99.0 cm³/mol. The molecule has 1 aromatic carbocycles. The van der Waals surface area contributed by atoms with Crippen LogP contribution in [0.1, 0.15) is 44.1 Å². The second kappa shape index (κ2) is 8.65. The van der Waals surface area contributed by atoms with E-state index >= 15 is 0 Å². The van der Waals surface area contributed by atoms with E-state index in [2.05, 4.69) is 0 Å². The third-order valence-corrected chi connectivity index (χ3v) is 5.95. The minimum atomic E-state index is -1.56. The van der Waals surface area contributed by atoms with Gasteiger partial charge >= 0.3 is 5.97 Å². The van der Waals surface area contributed by atoms with E-state index in [0.717, 1.165) is 12.0 Å². The predicted octanol–water partition coefficient (Wildman–Crippen LogP) is 2.04. The maximum absolute atomic E-state index is 13.0. The maximum atomic E-state index is 13.0. The molecule has 1 saturated heterocycles. The summed E-state index contributed by atoms with van der Waals surface area (Å²) in [7, 11) is 0. The molecule has 4 atom stereocenters. The lowest BCUT2D eigenvalue weighted by atomic mass is 9.87. The fourth-order valence-corrected chi connectivity index (χ4v) is 4.51. The highest BCUT2D eigenvalue weighted by Gasteiger charge is 2.44. The molecule has 0 radical (unpaired) electrons. The lowest BCUT2D eigenvalue weighted by Gasteiger charge is -2.30. The van der Waals surface area contributed by atoms with Gasteiger partial charge in [-0.25, -0.2) is 4.79 Å². The molecule has 6 nitrogen and oxygen atoms in total. The minimum Gasteiger partial charge on any atom is -0.479 e. The Balaban J connectivity index is 1.63. The van der Waals surface area contributed by atoms with Gasteiger partial charge in [0.05, 0.1) is 6.04 Å². The number of amides is 1. The zero-order valence-electron chi connectivity index (χ0n) is 15.4. The van der Waals surface area contributed by atoms with E-state index in [1.54, 1.807) is 0 Å². The lowest BCUT2D eigenvalue weighted by molar-refractivity contribution is -0.153. The molecule has 1 heterocycles. The van der Waals surface area contributed by atoms with Crippen LogP contribution in [0.4, 0.5) is 0 Å². The van der Waals surface area contributed by atoms with Crippen molar-refractivity contribution in [2.45, 2.75) is 57.1 Å². The zero-order chi connectivity index (χ0) is 19.4. The number of nitrogens with zero attached hydrogens (tertiary/aromatic N) is 1. The number of hydrogen-bond acceptors (Lipinski definition) is 4. The Hall–Kier alpha value is -2.21. The SMILES string of the molecule is O=C(O)C(O)C1CCCN1C(=O)C1CCC[C@@H]1C(=O)CCc1ccccc1. The molecular formula is C21H27NO5. The first-order valence-corrected chi connectivity index (χ1v) is 9.77. The van der Waals surface area contributed by atoms with E-state index in [0.29, 0.717) is 45.1 Å². The molecule has 2 aliphatic rings. The van der Waals surface area contributed by atoms with E-state index in [4.69, 9.17) is 5.11 Å². The number of aliphatic hydroxyl groups is 1. The number of rotatable bonds is 7. The number of aliphatic carboxylic acids is 1. The lowest BCUT2D eigenvalue weighted by Crippen LogP contribution is -2.49. The van der Waals surface area contributed by atoms with Crippen molar-refractivity contribution in [2.75, 3.05) is 6.54 Å². The van der Waals surface area contributed by atoms with E-state index < -0.39 is 18.1 Å². The number of carboxylic acid groups (broad SMARTS) is 1. The third-order valence-electron chi connectivity index (χ3n) is 5.95. The molecule has 1 saturated carbocycles. The van der Waals surface area contributed by atoms with Gasteiger partial charge in [-0.3, -0.25) is 9.59 Å². The summed E-state index contributed by atoms with van der Waals surface area (Å²) >= 11 is 0. The van der Waals surface area contributed by atoms with Crippen LogP contribution in [0.3, 0.4) is 0 Å². The molecule has 3 rings (SSSR count). The number of Topliss-reactive ketones (excluding diaryl/α,β-unsaturated/α-hetero) is 1. The van der Waals surface area contributed by atoms with Gasteiger partial charge in [-0.1, -0.05) is 36.8 Å². The van der Waals surface area contributed by atoms with Crippen molar-refractivity contribution in [3.63, 3.8) is 0 Å². The van der Waals surface area contributed by atoms with Crippen molar-refractivity contribution in [1.29, 1.82) is 0 Å². The average Bonchev–Trinajstić information content (AvgIpc) is 3.35. The molecule has 0 aromatic heterocycles. The van der Waals surface area contributed by atoms with E-state index in [1.165, 1.54) is 4.90 Å². The van der Waals surface area contributed by atoms with Crippen LogP contribution in [0.15, 0.2) is 30.3 Å². The molecule has 1 amide bonds. The molecule has 1 aliphatic carbocycles. The molecule has 2 N–H and O–H groups in total. The van der Waals surface area contributed by atoms with Crippen LogP contribution in [-0.2, 0) is 20.8 Å². The van der Waals surface area contributed by atoms with E-state index in [-0.39, 0.29) is 23.5 Å². The first kappa shape index (κ1) is 19.5. The van der Waals surface area contributed by atoms with Crippen LogP contribution >= 0.6 is 0 Å². The van der Waals surface area contributed by atoms with Crippen LogP contribution in [0.2, 0.25) is 0 Å². The summed E-state index contributed by atoms with van der Waals surface area (Å²) in [6, 6.07) is 9.14. The number of carbonyl (C=O) groups excluding carboxylic acids is 2. The van der Waals surface area contributed by atoms with Gasteiger partial charge in [0.2, 0.25) is 5.91 Å². The zero-order valence-corrected chi connectivity index (χ0v) is 15.4. The van der Waals surface area contributed by atoms with Crippen LogP contribution < -0.4 is 0 Å². The Morgan fingerprint density at radius 1 is 1.04 bits per heavy atom. The van der Waals surface area contributed by atoms with Crippen molar-refractivity contribution < 1.29 is 24.6 Å². The first-order valence-electron chi connectivity index (χ1n) is 9.77. The summed E-state index contributed by atoms with van der Waals surface area (Å²) in [5, 5.41) is 19.0. The second-order valence-corrected chi connectivity index (χ2v) is 7.62. The number of aryl methyl sites for hydroxylation is 1. The van der Waals surface area contributed by atoms with Gasteiger partial charge < -0.3 is 15.1 Å². The summed E-state index contributed by atoms with van der Waals surface area (Å²) < 4.78 is 0. The number of likely N-dealkylation sites (tertiary alicyclic amines) is 1. The smallest absolute Gasteiger partial charge is 0.334 e. The van der Waals surface area contributed by atoms with Gasteiger partial charge in [0, 0.05) is 24.8 Å². The Morgan fingerprint density at radius 3 is 2.44 bits per heavy atom. The number of hydrogen-bond donors (Lipinski definition) is 2. The molecule has 0 bridgehead atoms. The number of carbonyl (C=O) groups is 3. The van der Waals surface area contributed by atoms with Gasteiger partial charge in [0.1, 0.15) is 5.78 Å². The second-order valence-electron chi connectivity index (χ2n) is 7.62. The van der Waals surface area contributed by atoms with E-state index in [9.17, 15) is 19.5 Å². The molecule has 146 valence electrons. The number of ketones is 1. The largest absolute Gasteiger partial charge is 0.479 e. The molecular weight excluding hydrogens is 346 g/mol. The monoisotopic (exact) mass is 373 g/mol. The molecule has 27 heavy (non-hydrogen) atoms. The fourth-order valence-electron chi connectivity index (χ4n) is 4.51. The first-order chi connectivity index (χ1) is 13.0. The highest BCUT2D eigenvalue weighted by Crippen LogP contribution is 2.36. The third kappa shape index (κ3) is 4.38. The Labute approximate surface area is 159 Å². The maximum Gasteiger partial charge on any atom is 0.334 e. The topological polar surface area (TPSA) is 94.9 Å². The van der Waals surface area contributed by atoms with Gasteiger partial charge in [0.15, 0.2) is 6.10 Å². The van der Waals surface area contributed by atoms with Crippen LogP contribution in [-0.4, -0.2) is 51.5 Å². The van der Waals surface area contributed by atoms with Crippen molar-refractivity contribution in [1.82, 2.24) is 4.90 Å². The fraction of sp³-hybridized carbons (Fsp3) is 0.571. The Bertz CT molecular complexity index is 689. The van der Waals surface area contributed by atoms with Gasteiger partial charge in [-0.15, -0.1) is 0 Å².